The molecule has 0 amide bonds. The molecule has 1 aliphatic rings. The largest absolute Gasteiger partial charge is 0.409 e. The summed E-state index contributed by atoms with van der Waals surface area (Å²) in [5.41, 5.74) is 5.26. The molecule has 1 aliphatic heterocycles. The van der Waals surface area contributed by atoms with E-state index in [-0.39, 0.29) is 0 Å². The van der Waals surface area contributed by atoms with Crippen LogP contribution in [0.3, 0.4) is 0 Å². The van der Waals surface area contributed by atoms with Gasteiger partial charge >= 0.3 is 0 Å². The van der Waals surface area contributed by atoms with E-state index in [0.29, 0.717) is 11.8 Å². The average molecular weight is 132 g/mol. The van der Waals surface area contributed by atoms with Gasteiger partial charge in [-0.05, 0) is 0 Å². The Kier molecular flexibility index (Phi) is 1.62. The van der Waals surface area contributed by atoms with E-state index in [4.69, 9.17) is 10.9 Å². The molecule has 0 aromatic rings. The number of thioether (sulfide) groups is 1. The highest BCUT2D eigenvalue weighted by Crippen LogP contribution is 2.23. The quantitative estimate of drug-likeness (QED) is 0.230. The second-order valence-corrected chi connectivity index (χ2v) is 2.83. The summed E-state index contributed by atoms with van der Waals surface area (Å²) in [6.07, 6.45) is 0. The molecular weight excluding hydrogens is 124 g/mol. The van der Waals surface area contributed by atoms with Gasteiger partial charge in [-0.2, -0.15) is 11.8 Å². The summed E-state index contributed by atoms with van der Waals surface area (Å²) in [4.78, 5) is 0. The predicted molar refractivity (Wildman–Crippen MR) is 34.2 cm³/mol. The Labute approximate surface area is 51.9 Å². The van der Waals surface area contributed by atoms with Gasteiger partial charge in [-0.3, -0.25) is 0 Å². The number of nitrogens with two attached hydrogens (primary N) is 1. The van der Waals surface area contributed by atoms with Gasteiger partial charge in [0.2, 0.25) is 0 Å². The average Bonchev–Trinajstić information content (AvgIpc) is 1.62. The Morgan fingerprint density at radius 2 is 2.38 bits per heavy atom. The molecular formula is C4H8N2OS. The lowest BCUT2D eigenvalue weighted by atomic mass is 10.2. The number of rotatable bonds is 1. The number of hydrogen-bond donors (Lipinski definition) is 2. The van der Waals surface area contributed by atoms with Gasteiger partial charge < -0.3 is 10.9 Å². The van der Waals surface area contributed by atoms with E-state index in [1.807, 2.05) is 11.8 Å². The first-order chi connectivity index (χ1) is 3.84. The fourth-order valence-electron chi connectivity index (χ4n) is 0.488. The summed E-state index contributed by atoms with van der Waals surface area (Å²) < 4.78 is 0. The number of amidine groups is 1. The monoisotopic (exact) mass is 132 g/mol. The molecule has 3 N–H and O–H groups in total. The van der Waals surface area contributed by atoms with Crippen LogP contribution in [0.2, 0.25) is 0 Å². The van der Waals surface area contributed by atoms with Crippen LogP contribution in [0.15, 0.2) is 5.16 Å². The van der Waals surface area contributed by atoms with Crippen molar-refractivity contribution >= 4 is 17.6 Å². The molecule has 1 saturated heterocycles. The fraction of sp³-hybridized carbons (Fsp3) is 0.750. The van der Waals surface area contributed by atoms with Crippen molar-refractivity contribution in [2.75, 3.05) is 11.5 Å². The second kappa shape index (κ2) is 2.26. The van der Waals surface area contributed by atoms with E-state index in [1.54, 1.807) is 0 Å². The highest BCUT2D eigenvalue weighted by atomic mass is 32.2. The molecule has 0 bridgehead atoms. The van der Waals surface area contributed by atoms with Crippen molar-refractivity contribution in [3.8, 4) is 0 Å². The van der Waals surface area contributed by atoms with Crippen molar-refractivity contribution < 1.29 is 5.21 Å². The van der Waals surface area contributed by atoms with Crippen molar-refractivity contribution in [1.82, 2.24) is 0 Å². The lowest BCUT2D eigenvalue weighted by molar-refractivity contribution is 0.315. The molecule has 3 nitrogen and oxygen atoms in total. The van der Waals surface area contributed by atoms with Crippen molar-refractivity contribution in [2.45, 2.75) is 0 Å². The minimum absolute atomic E-state index is 0.338. The normalized spacial score (nSPS) is 22.8. The minimum Gasteiger partial charge on any atom is -0.409 e. The molecule has 1 fully saturated rings. The standard InChI is InChI=1S/C4H8N2OS/c5-4(6-7)3-1-8-2-3/h3,7H,1-2H2,(H2,5,6). The molecule has 0 aliphatic carbocycles. The maximum Gasteiger partial charge on any atom is 0.143 e. The third-order valence-corrected chi connectivity index (χ3v) is 2.45. The summed E-state index contributed by atoms with van der Waals surface area (Å²) in [5.74, 6) is 2.74. The van der Waals surface area contributed by atoms with Crippen molar-refractivity contribution in [3.63, 3.8) is 0 Å². The molecule has 1 heterocycles. The van der Waals surface area contributed by atoms with Crippen LogP contribution < -0.4 is 5.73 Å². The van der Waals surface area contributed by atoms with Gasteiger partial charge in [-0.15, -0.1) is 0 Å². The lowest BCUT2D eigenvalue weighted by Crippen LogP contribution is -2.33. The van der Waals surface area contributed by atoms with Crippen LogP contribution in [0.5, 0.6) is 0 Å². The Balaban J connectivity index is 2.34. The van der Waals surface area contributed by atoms with Gasteiger partial charge in [0.25, 0.3) is 0 Å². The highest BCUT2D eigenvalue weighted by Gasteiger charge is 2.21. The molecule has 0 radical (unpaired) electrons. The maximum atomic E-state index is 8.12. The molecule has 0 spiro atoms. The van der Waals surface area contributed by atoms with Gasteiger partial charge in [0.1, 0.15) is 5.84 Å². The van der Waals surface area contributed by atoms with Crippen molar-refractivity contribution in [2.24, 2.45) is 16.8 Å². The SMILES string of the molecule is N/C(=N\O)C1CSC1. The van der Waals surface area contributed by atoms with Gasteiger partial charge in [-0.25, -0.2) is 0 Å². The summed E-state index contributed by atoms with van der Waals surface area (Å²) >= 11 is 1.82. The van der Waals surface area contributed by atoms with Crippen LogP contribution in [-0.4, -0.2) is 22.5 Å². The molecule has 4 heteroatoms. The molecule has 0 aromatic heterocycles. The summed E-state index contributed by atoms with van der Waals surface area (Å²) in [5, 5.41) is 11.0. The first-order valence-corrected chi connectivity index (χ1v) is 3.55. The second-order valence-electron chi connectivity index (χ2n) is 1.76. The Hall–Kier alpha value is -0.380. The van der Waals surface area contributed by atoms with Crippen LogP contribution in [-0.2, 0) is 0 Å². The Morgan fingerprint density at radius 3 is 2.50 bits per heavy atom. The predicted octanol–water partition coefficient (Wildman–Crippen LogP) is 0.0958. The molecule has 0 unspecified atom stereocenters. The summed E-state index contributed by atoms with van der Waals surface area (Å²) in [6.45, 7) is 0. The zero-order valence-electron chi connectivity index (χ0n) is 4.37. The van der Waals surface area contributed by atoms with Crippen LogP contribution >= 0.6 is 11.8 Å². The summed E-state index contributed by atoms with van der Waals surface area (Å²) in [7, 11) is 0. The van der Waals surface area contributed by atoms with Crippen LogP contribution in [0.25, 0.3) is 0 Å². The number of nitrogens with zero attached hydrogens (tertiary/aromatic N) is 1. The molecule has 8 heavy (non-hydrogen) atoms. The first-order valence-electron chi connectivity index (χ1n) is 2.39. The topological polar surface area (TPSA) is 58.6 Å². The van der Waals surface area contributed by atoms with E-state index >= 15 is 0 Å². The fourth-order valence-corrected chi connectivity index (χ4v) is 1.30. The molecule has 0 atom stereocenters. The van der Waals surface area contributed by atoms with Crippen molar-refractivity contribution in [3.05, 3.63) is 0 Å². The Bertz CT molecular complexity index is 111. The number of oxime groups is 1. The smallest absolute Gasteiger partial charge is 0.143 e. The van der Waals surface area contributed by atoms with Gasteiger partial charge in [0.15, 0.2) is 0 Å². The van der Waals surface area contributed by atoms with E-state index in [0.717, 1.165) is 11.5 Å². The van der Waals surface area contributed by atoms with E-state index in [9.17, 15) is 0 Å². The highest BCUT2D eigenvalue weighted by molar-refractivity contribution is 8.00. The zero-order valence-corrected chi connectivity index (χ0v) is 5.19. The molecule has 1 rings (SSSR count). The molecule has 0 aromatic carbocycles. The maximum absolute atomic E-state index is 8.12. The van der Waals surface area contributed by atoms with Crippen LogP contribution in [0.1, 0.15) is 0 Å². The van der Waals surface area contributed by atoms with E-state index in [1.165, 1.54) is 0 Å². The number of hydrogen-bond acceptors (Lipinski definition) is 3. The third kappa shape index (κ3) is 0.888. The Morgan fingerprint density at radius 1 is 1.75 bits per heavy atom. The van der Waals surface area contributed by atoms with E-state index in [2.05, 4.69) is 5.16 Å². The summed E-state index contributed by atoms with van der Waals surface area (Å²) in [6, 6.07) is 0. The zero-order chi connectivity index (χ0) is 5.98. The van der Waals surface area contributed by atoms with E-state index < -0.39 is 0 Å². The molecule has 0 saturated carbocycles. The van der Waals surface area contributed by atoms with Crippen LogP contribution in [0, 0.1) is 5.92 Å². The lowest BCUT2D eigenvalue weighted by Gasteiger charge is -2.22. The molecule has 46 valence electrons. The van der Waals surface area contributed by atoms with Gasteiger partial charge in [0.05, 0.1) is 0 Å². The van der Waals surface area contributed by atoms with Gasteiger partial charge in [-0.1, -0.05) is 5.16 Å². The van der Waals surface area contributed by atoms with Crippen molar-refractivity contribution in [1.29, 1.82) is 0 Å². The first kappa shape index (κ1) is 5.75. The van der Waals surface area contributed by atoms with Gasteiger partial charge in [0, 0.05) is 17.4 Å². The minimum atomic E-state index is 0.338. The van der Waals surface area contributed by atoms with Crippen LogP contribution in [0.4, 0.5) is 0 Å². The third-order valence-electron chi connectivity index (χ3n) is 1.17.